The van der Waals surface area contributed by atoms with E-state index < -0.39 is 32.5 Å². The van der Waals surface area contributed by atoms with Crippen LogP contribution in [0.1, 0.15) is 240 Å². The van der Waals surface area contributed by atoms with Crippen molar-refractivity contribution in [1.29, 1.82) is 0 Å². The Morgan fingerprint density at radius 1 is 0.491 bits per heavy atom. The molecule has 0 saturated heterocycles. The average Bonchev–Trinajstić information content (AvgIpc) is 3.18. The number of hydrogen-bond donors (Lipinski definition) is 0. The molecule has 0 saturated carbocycles. The van der Waals surface area contributed by atoms with Crippen molar-refractivity contribution in [2.45, 2.75) is 224 Å². The Hall–Kier alpha value is -0.814. The van der Waals surface area contributed by atoms with Crippen molar-refractivity contribution in [1.82, 2.24) is 0 Å². The van der Waals surface area contributed by atoms with Crippen molar-refractivity contribution in [3.05, 3.63) is 53.6 Å². The maximum atomic E-state index is 13.0. The number of esters is 2. The molecule has 57 heavy (non-hydrogen) atoms. The molecule has 0 amide bonds. The minimum Gasteiger partial charge on any atom is -0.744 e. The Balaban J connectivity index is 0.0000314. The molecule has 0 fully saturated rings. The number of allylic oxidation sites excluding steroid dienone is 4. The summed E-state index contributed by atoms with van der Waals surface area (Å²) in [6, 6.07) is 3.59. The number of rotatable bonds is 39. The van der Waals surface area contributed by atoms with Gasteiger partial charge in [-0.2, -0.15) is 0 Å². The summed E-state index contributed by atoms with van der Waals surface area (Å²) < 4.78 is 46.7. The first kappa shape index (κ1) is 56.2. The predicted octanol–water partition coefficient (Wildman–Crippen LogP) is 11.5. The van der Waals surface area contributed by atoms with Crippen LogP contribution in [0.2, 0.25) is 0 Å². The molecule has 7 nitrogen and oxygen atoms in total. The van der Waals surface area contributed by atoms with E-state index in [1.165, 1.54) is 166 Å². The van der Waals surface area contributed by atoms with Crippen LogP contribution in [0.3, 0.4) is 0 Å². The van der Waals surface area contributed by atoms with E-state index in [1.807, 2.05) is 0 Å². The fourth-order valence-electron chi connectivity index (χ4n) is 7.01. The number of benzene rings is 1. The third kappa shape index (κ3) is 32.6. The molecule has 0 aliphatic heterocycles. The first-order valence-electron chi connectivity index (χ1n) is 23.1. The predicted molar refractivity (Wildman–Crippen MR) is 232 cm³/mol. The average molecular weight is 841 g/mol. The van der Waals surface area contributed by atoms with Crippen LogP contribution in [-0.4, -0.2) is 38.1 Å². The maximum absolute atomic E-state index is 13.0. The van der Waals surface area contributed by atoms with Gasteiger partial charge in [0.1, 0.15) is 10.1 Å². The molecule has 0 spiro atoms. The van der Waals surface area contributed by atoms with Crippen molar-refractivity contribution >= 4 is 22.1 Å². The summed E-state index contributed by atoms with van der Waals surface area (Å²) in [6.45, 7) is 4.70. The molecule has 0 bridgehead atoms. The van der Waals surface area contributed by atoms with Crippen LogP contribution >= 0.6 is 0 Å². The second-order valence-electron chi connectivity index (χ2n) is 15.7. The van der Waals surface area contributed by atoms with Crippen LogP contribution in [0.5, 0.6) is 0 Å². The molecule has 0 radical (unpaired) electrons. The summed E-state index contributed by atoms with van der Waals surface area (Å²) in [4.78, 5) is 25.2. The Morgan fingerprint density at radius 3 is 1.16 bits per heavy atom. The van der Waals surface area contributed by atoms with E-state index >= 15 is 0 Å². The minimum atomic E-state index is -5.03. The maximum Gasteiger partial charge on any atom is 1.00 e. The Bertz CT molecular complexity index is 1280. The van der Waals surface area contributed by atoms with Crippen molar-refractivity contribution in [3.8, 4) is 0 Å². The molecule has 1 rings (SSSR count). The van der Waals surface area contributed by atoms with Crippen molar-refractivity contribution in [3.63, 3.8) is 0 Å². The summed E-state index contributed by atoms with van der Waals surface area (Å²) in [6.07, 6.45) is 47.7. The molecule has 1 aromatic rings. The molecule has 0 aromatic heterocycles. The topological polar surface area (TPSA) is 110 Å². The first-order valence-corrected chi connectivity index (χ1v) is 24.5. The number of hydrogen-bond acceptors (Lipinski definition) is 7. The Kier molecular flexibility index (Phi) is 40.0. The van der Waals surface area contributed by atoms with Gasteiger partial charge in [0.25, 0.3) is 0 Å². The minimum absolute atomic E-state index is 0. The van der Waals surface area contributed by atoms with Gasteiger partial charge in [0, 0.05) is 0 Å². The monoisotopic (exact) mass is 841 g/mol. The third-order valence-electron chi connectivity index (χ3n) is 10.5. The smallest absolute Gasteiger partial charge is 0.744 e. The third-order valence-corrected chi connectivity index (χ3v) is 11.4. The van der Waals surface area contributed by atoms with E-state index in [-0.39, 0.29) is 70.2 Å². The second-order valence-corrected chi connectivity index (χ2v) is 17.0. The number of ether oxygens (including phenoxy) is 2. The summed E-state index contributed by atoms with van der Waals surface area (Å²) >= 11 is 0. The van der Waals surface area contributed by atoms with Gasteiger partial charge in [0.15, 0.2) is 0 Å². The fraction of sp³-hybridized carbons (Fsp3) is 0.750. The zero-order valence-electron chi connectivity index (χ0n) is 36.8. The molecule has 0 atom stereocenters. The first-order chi connectivity index (χ1) is 27.3. The van der Waals surface area contributed by atoms with E-state index in [0.717, 1.165) is 44.6 Å². The van der Waals surface area contributed by atoms with Gasteiger partial charge in [-0.1, -0.05) is 185 Å². The second kappa shape index (κ2) is 40.6. The van der Waals surface area contributed by atoms with Crippen molar-refractivity contribution in [2.75, 3.05) is 13.2 Å². The van der Waals surface area contributed by atoms with E-state index in [9.17, 15) is 22.6 Å². The molecule has 0 aliphatic rings. The van der Waals surface area contributed by atoms with Gasteiger partial charge in [-0.3, -0.25) is 0 Å². The van der Waals surface area contributed by atoms with Gasteiger partial charge in [0.2, 0.25) is 0 Å². The van der Waals surface area contributed by atoms with Crippen molar-refractivity contribution in [2.24, 2.45) is 0 Å². The molecule has 0 heterocycles. The van der Waals surface area contributed by atoms with Crippen LogP contribution in [0, 0.1) is 0 Å². The largest absolute Gasteiger partial charge is 1.00 e. The number of carbonyl (C=O) groups is 2. The van der Waals surface area contributed by atoms with Gasteiger partial charge in [-0.05, 0) is 76.3 Å². The Labute approximate surface area is 392 Å². The molecule has 0 N–H and O–H groups in total. The van der Waals surface area contributed by atoms with Crippen molar-refractivity contribution < 1.29 is 83.4 Å². The van der Waals surface area contributed by atoms with Crippen LogP contribution in [0.25, 0.3) is 0 Å². The molecule has 0 unspecified atom stereocenters. The molecular formula is C48H81KO7S. The van der Waals surface area contributed by atoms with E-state index in [2.05, 4.69) is 38.2 Å². The van der Waals surface area contributed by atoms with E-state index in [0.29, 0.717) is 12.8 Å². The number of carbonyl (C=O) groups excluding carboxylic acids is 2. The molecule has 1 aromatic carbocycles. The van der Waals surface area contributed by atoms with E-state index in [4.69, 9.17) is 9.47 Å². The van der Waals surface area contributed by atoms with Crippen LogP contribution in [0.15, 0.2) is 47.4 Å². The van der Waals surface area contributed by atoms with Crippen LogP contribution < -0.4 is 51.4 Å². The molecular weight excluding hydrogens is 760 g/mol. The number of unbranched alkanes of at least 4 members (excludes halogenated alkanes) is 28. The molecule has 0 aliphatic carbocycles. The Morgan fingerprint density at radius 2 is 0.807 bits per heavy atom. The summed E-state index contributed by atoms with van der Waals surface area (Å²) in [7, 11) is -5.03. The molecule has 9 heteroatoms. The standard InChI is InChI=1S/C48H82O7S.K/c1-3-5-7-9-11-13-15-17-19-21-23-25-27-29-31-33-35-37-42-54-47(49)44-40-39-41-45(56(51,52)53)46(44)48(50)55-43-38-36-34-32-30-28-26-24-22-20-18-16-14-12-10-8-6-4-2;/h29-32,39-41H,3-28,33-38,42-43H2,1-2H3,(H,51,52,53);/q;+1/p-1/b31-29+,32-30+;. The summed E-state index contributed by atoms with van der Waals surface area (Å²) in [5.41, 5.74) is -0.814. The van der Waals surface area contributed by atoms with Gasteiger partial charge >= 0.3 is 63.3 Å². The zero-order valence-corrected chi connectivity index (χ0v) is 40.8. The van der Waals surface area contributed by atoms with E-state index in [1.54, 1.807) is 0 Å². The van der Waals surface area contributed by atoms with Gasteiger partial charge in [0.05, 0.1) is 29.2 Å². The SMILES string of the molecule is CCCCCCCCCCCCCC/C=C/CCCCOC(=O)c1cccc(S(=O)(=O)[O-])c1C(=O)OCCCC/C=C/CCCCCCCCCCCCCC.[K+]. The van der Waals surface area contributed by atoms with Crippen LogP contribution in [-0.2, 0) is 19.6 Å². The van der Waals surface area contributed by atoms with Gasteiger partial charge in [-0.25, -0.2) is 18.0 Å². The van der Waals surface area contributed by atoms with Crippen LogP contribution in [0.4, 0.5) is 0 Å². The summed E-state index contributed by atoms with van der Waals surface area (Å²) in [5, 5.41) is 0. The quantitative estimate of drug-likeness (QED) is 0.0213. The molecule has 322 valence electrons. The summed E-state index contributed by atoms with van der Waals surface area (Å²) in [5.74, 6) is -1.85. The fourth-order valence-corrected chi connectivity index (χ4v) is 7.69. The zero-order chi connectivity index (χ0) is 40.8. The normalized spacial score (nSPS) is 11.7. The van der Waals surface area contributed by atoms with Gasteiger partial charge in [-0.15, -0.1) is 0 Å². The van der Waals surface area contributed by atoms with Gasteiger partial charge < -0.3 is 14.0 Å².